The number of pyridine rings is 2. The monoisotopic (exact) mass is 692 g/mol. The number of aromatic nitrogens is 2. The van der Waals surface area contributed by atoms with Gasteiger partial charge < -0.3 is 35.1 Å². The average Bonchev–Trinajstić information content (AvgIpc) is 3.99. The van der Waals surface area contributed by atoms with Crippen LogP contribution in [0.15, 0.2) is 42.5 Å². The van der Waals surface area contributed by atoms with Gasteiger partial charge in [0.1, 0.15) is 45.5 Å². The molecule has 2 saturated carbocycles. The molecule has 0 saturated heterocycles. The number of alkyl halides is 2. The molecule has 2 aromatic carbocycles. The summed E-state index contributed by atoms with van der Waals surface area (Å²) < 4.78 is 48.9. The first-order chi connectivity index (χ1) is 23.2. The Morgan fingerprint density at radius 1 is 1.10 bits per heavy atom. The fourth-order valence-corrected chi connectivity index (χ4v) is 6.49. The van der Waals surface area contributed by atoms with Crippen LogP contribution in [0.1, 0.15) is 59.8 Å². The molecule has 14 heteroatoms. The molecular formula is C35H31ClF2N4O7. The fraction of sp³-hybridized carbons (Fsp3) is 0.371. The maximum Gasteiger partial charge on any atom is 0.586 e. The molecule has 0 spiro atoms. The summed E-state index contributed by atoms with van der Waals surface area (Å²) in [6, 6.07) is 10.9. The first-order valence-electron chi connectivity index (χ1n) is 15.9. The van der Waals surface area contributed by atoms with E-state index in [1.807, 2.05) is 13.0 Å². The third-order valence-corrected chi connectivity index (χ3v) is 9.98. The van der Waals surface area contributed by atoms with Crippen LogP contribution >= 0.6 is 11.6 Å². The lowest BCUT2D eigenvalue weighted by Gasteiger charge is -2.30. The number of ether oxygens (including phenoxy) is 4. The molecule has 0 radical (unpaired) electrons. The van der Waals surface area contributed by atoms with Crippen molar-refractivity contribution in [1.29, 1.82) is 0 Å². The number of aryl methyl sites for hydroxylation is 1. The van der Waals surface area contributed by atoms with Gasteiger partial charge in [-0.25, -0.2) is 9.97 Å². The lowest BCUT2D eigenvalue weighted by Crippen LogP contribution is -2.44. The Labute approximate surface area is 283 Å². The minimum atomic E-state index is -3.83. The van der Waals surface area contributed by atoms with E-state index in [1.54, 1.807) is 25.1 Å². The van der Waals surface area contributed by atoms with Crippen LogP contribution in [-0.4, -0.2) is 52.4 Å². The van der Waals surface area contributed by atoms with Crippen molar-refractivity contribution in [1.82, 2.24) is 15.3 Å². The van der Waals surface area contributed by atoms with Crippen LogP contribution in [0.3, 0.4) is 0 Å². The molecule has 2 aliphatic carbocycles. The van der Waals surface area contributed by atoms with E-state index in [0.717, 1.165) is 18.4 Å². The fourth-order valence-electron chi connectivity index (χ4n) is 6.35. The Hall–Kier alpha value is -4.75. The van der Waals surface area contributed by atoms with Crippen LogP contribution in [0, 0.1) is 12.8 Å². The third-order valence-electron chi connectivity index (χ3n) is 9.60. The number of amides is 2. The second-order valence-corrected chi connectivity index (χ2v) is 13.7. The maximum atomic E-state index is 13.8. The van der Waals surface area contributed by atoms with Gasteiger partial charge in [-0.3, -0.25) is 9.59 Å². The molecule has 2 fully saturated rings. The molecule has 49 heavy (non-hydrogen) atoms. The summed E-state index contributed by atoms with van der Waals surface area (Å²) in [6.45, 7) is 3.13. The van der Waals surface area contributed by atoms with Gasteiger partial charge in [0.15, 0.2) is 11.5 Å². The van der Waals surface area contributed by atoms with Gasteiger partial charge in [0, 0.05) is 22.1 Å². The van der Waals surface area contributed by atoms with Gasteiger partial charge in [0.25, 0.3) is 5.91 Å². The summed E-state index contributed by atoms with van der Waals surface area (Å²) in [5.74, 6) is -1.09. The Kier molecular flexibility index (Phi) is 7.00. The molecule has 2 amide bonds. The zero-order valence-corrected chi connectivity index (χ0v) is 27.2. The Morgan fingerprint density at radius 3 is 2.57 bits per heavy atom. The predicted molar refractivity (Wildman–Crippen MR) is 172 cm³/mol. The molecule has 2 atom stereocenters. The predicted octanol–water partition coefficient (Wildman–Crippen LogP) is 5.28. The number of benzene rings is 2. The van der Waals surface area contributed by atoms with Gasteiger partial charge in [-0.1, -0.05) is 11.6 Å². The molecule has 254 valence electrons. The third kappa shape index (κ3) is 5.45. The summed E-state index contributed by atoms with van der Waals surface area (Å²) in [6.07, 6.45) is -0.670. The number of carbonyl (C=O) groups excluding carboxylic acids is 2. The SMILES string of the molecule is Cc1cc2cc(C(=O)NCC(O)(c3cc4c(c(-c5ccc6c(c5)OC(F)(F)O6)n3)OC[C@]4(C)C(N)=O)C3CC3)cc(OC3CC3)c2nc1Cl. The normalized spacial score (nSPS) is 21.5. The van der Waals surface area contributed by atoms with Gasteiger partial charge in [-0.05, 0) is 93.5 Å². The lowest BCUT2D eigenvalue weighted by atomic mass is 9.81. The quantitative estimate of drug-likeness (QED) is 0.199. The summed E-state index contributed by atoms with van der Waals surface area (Å²) in [5.41, 5.74) is 5.52. The molecule has 4 heterocycles. The zero-order valence-electron chi connectivity index (χ0n) is 26.4. The highest BCUT2D eigenvalue weighted by Gasteiger charge is 2.50. The van der Waals surface area contributed by atoms with Crippen LogP contribution < -0.4 is 30.0 Å². The molecule has 1 unspecified atom stereocenters. The molecule has 2 aromatic heterocycles. The molecule has 4 aliphatic rings. The second-order valence-electron chi connectivity index (χ2n) is 13.4. The molecule has 4 aromatic rings. The number of fused-ring (bicyclic) bond motifs is 3. The number of aliphatic hydroxyl groups is 1. The molecular weight excluding hydrogens is 662 g/mol. The zero-order chi connectivity index (χ0) is 34.5. The number of carbonyl (C=O) groups is 2. The van der Waals surface area contributed by atoms with Crippen molar-refractivity contribution in [2.24, 2.45) is 11.7 Å². The first-order valence-corrected chi connectivity index (χ1v) is 16.3. The van der Waals surface area contributed by atoms with Gasteiger partial charge >= 0.3 is 6.29 Å². The molecule has 4 N–H and O–H groups in total. The van der Waals surface area contributed by atoms with Crippen LogP contribution in [0.25, 0.3) is 22.2 Å². The summed E-state index contributed by atoms with van der Waals surface area (Å²) in [5, 5.41) is 16.3. The van der Waals surface area contributed by atoms with Crippen molar-refractivity contribution < 1.29 is 42.4 Å². The number of nitrogens with two attached hydrogens (primary N) is 1. The number of hydrogen-bond acceptors (Lipinski definition) is 9. The van der Waals surface area contributed by atoms with Crippen molar-refractivity contribution in [3.8, 4) is 34.3 Å². The average molecular weight is 693 g/mol. The number of primary amides is 1. The van der Waals surface area contributed by atoms with E-state index in [4.69, 9.17) is 31.8 Å². The molecule has 2 aliphatic heterocycles. The largest absolute Gasteiger partial charge is 0.586 e. The van der Waals surface area contributed by atoms with Crippen LogP contribution in [0.5, 0.6) is 23.0 Å². The van der Waals surface area contributed by atoms with Crippen LogP contribution in [0.2, 0.25) is 5.15 Å². The summed E-state index contributed by atoms with van der Waals surface area (Å²) >= 11 is 6.31. The van der Waals surface area contributed by atoms with Crippen LogP contribution in [-0.2, 0) is 15.8 Å². The second kappa shape index (κ2) is 10.9. The number of nitrogens with zero attached hydrogens (tertiary/aromatic N) is 2. The molecule has 11 nitrogen and oxygen atoms in total. The number of rotatable bonds is 9. The molecule has 0 bridgehead atoms. The van der Waals surface area contributed by atoms with Gasteiger partial charge in [-0.2, -0.15) is 0 Å². The standard InChI is InChI=1S/C35H31ClF2N4O7/c1-16-9-18-10-19(12-25(47-21-6-7-21)27(18)42-30(16)36)31(43)40-14-34(45,20-4-5-20)26-13-22-29(46-15-33(22,2)32(39)44)28(41-26)17-3-8-23-24(11-17)49-35(37,38)48-23/h3,8-13,20-21,45H,4-7,14-15H2,1-2H3,(H2,39,44)(H,40,43)/t33-,34?/m0/s1. The van der Waals surface area contributed by atoms with Crippen molar-refractivity contribution in [2.45, 2.75) is 62.9 Å². The first kappa shape index (κ1) is 31.5. The van der Waals surface area contributed by atoms with Crippen LogP contribution in [0.4, 0.5) is 8.78 Å². The van der Waals surface area contributed by atoms with E-state index in [1.165, 1.54) is 18.2 Å². The van der Waals surface area contributed by atoms with E-state index in [9.17, 15) is 23.5 Å². The Bertz CT molecular complexity index is 2090. The summed E-state index contributed by atoms with van der Waals surface area (Å²) in [7, 11) is 0. The minimum Gasteiger partial charge on any atom is -0.489 e. The van der Waals surface area contributed by atoms with E-state index in [0.29, 0.717) is 51.3 Å². The highest BCUT2D eigenvalue weighted by Crippen LogP contribution is 2.51. The smallest absolute Gasteiger partial charge is 0.489 e. The van der Waals surface area contributed by atoms with Gasteiger partial charge in [0.05, 0.1) is 18.3 Å². The van der Waals surface area contributed by atoms with Crippen molar-refractivity contribution in [2.75, 3.05) is 13.2 Å². The highest BCUT2D eigenvalue weighted by atomic mass is 35.5. The minimum absolute atomic E-state index is 0.0414. The topological polar surface area (TPSA) is 155 Å². The van der Waals surface area contributed by atoms with E-state index < -0.39 is 29.1 Å². The molecule has 8 rings (SSSR count). The number of nitrogens with one attached hydrogen (secondary N) is 1. The Balaban J connectivity index is 1.17. The number of hydrogen-bond donors (Lipinski definition) is 3. The van der Waals surface area contributed by atoms with Gasteiger partial charge in [-0.15, -0.1) is 8.78 Å². The van der Waals surface area contributed by atoms with Crippen molar-refractivity contribution >= 4 is 34.3 Å². The van der Waals surface area contributed by atoms with Gasteiger partial charge in [0.2, 0.25) is 5.91 Å². The van der Waals surface area contributed by atoms with E-state index >= 15 is 0 Å². The summed E-state index contributed by atoms with van der Waals surface area (Å²) in [4.78, 5) is 35.7. The van der Waals surface area contributed by atoms with E-state index in [-0.39, 0.29) is 53.8 Å². The number of halogens is 3. The Morgan fingerprint density at radius 2 is 1.86 bits per heavy atom. The lowest BCUT2D eigenvalue weighted by molar-refractivity contribution is -0.286. The van der Waals surface area contributed by atoms with Crippen molar-refractivity contribution in [3.63, 3.8) is 0 Å². The highest BCUT2D eigenvalue weighted by molar-refractivity contribution is 6.30. The maximum absolute atomic E-state index is 13.8. The van der Waals surface area contributed by atoms with E-state index in [2.05, 4.69) is 19.8 Å². The van der Waals surface area contributed by atoms with Crippen molar-refractivity contribution in [3.05, 3.63) is 70.0 Å².